The van der Waals surface area contributed by atoms with E-state index in [1.165, 1.54) is 29.5 Å². The van der Waals surface area contributed by atoms with E-state index in [0.29, 0.717) is 16.1 Å². The first kappa shape index (κ1) is 18.9. The van der Waals surface area contributed by atoms with Crippen LogP contribution in [-0.2, 0) is 4.79 Å². The van der Waals surface area contributed by atoms with Gasteiger partial charge in [-0.1, -0.05) is 36.4 Å². The van der Waals surface area contributed by atoms with E-state index >= 15 is 0 Å². The first-order valence-electron chi connectivity index (χ1n) is 7.89. The van der Waals surface area contributed by atoms with Crippen molar-refractivity contribution < 1.29 is 27.8 Å². The summed E-state index contributed by atoms with van der Waals surface area (Å²) in [4.78, 5) is 15.5. The van der Waals surface area contributed by atoms with E-state index in [4.69, 9.17) is 0 Å². The summed E-state index contributed by atoms with van der Waals surface area (Å²) in [5, 5.41) is 11.7. The molecule has 8 heteroatoms. The van der Waals surface area contributed by atoms with Crippen molar-refractivity contribution in [3.63, 3.8) is 0 Å². The maximum Gasteiger partial charge on any atom is 0.573 e. The third-order valence-electron chi connectivity index (χ3n) is 3.82. The van der Waals surface area contributed by atoms with Crippen LogP contribution in [0.2, 0.25) is 0 Å². The Balaban J connectivity index is 1.95. The third-order valence-corrected chi connectivity index (χ3v) is 4.71. The molecule has 0 saturated heterocycles. The Morgan fingerprint density at radius 2 is 1.85 bits per heavy atom. The smallest absolute Gasteiger partial charge is 0.481 e. The lowest BCUT2D eigenvalue weighted by atomic mass is 9.93. The molecule has 1 atom stereocenters. The van der Waals surface area contributed by atoms with Gasteiger partial charge in [0, 0.05) is 17.5 Å². The molecule has 4 nitrogen and oxygen atoms in total. The average Bonchev–Trinajstić information content (AvgIpc) is 3.13. The van der Waals surface area contributed by atoms with E-state index in [1.54, 1.807) is 41.9 Å². The molecule has 0 radical (unpaired) electrons. The molecule has 0 aliphatic heterocycles. The number of hydrogen-bond donors (Lipinski definition) is 1. The van der Waals surface area contributed by atoms with Gasteiger partial charge >= 0.3 is 12.3 Å². The molecule has 1 heterocycles. The van der Waals surface area contributed by atoms with Crippen LogP contribution in [0.1, 0.15) is 22.9 Å². The number of aromatic nitrogens is 1. The molecule has 0 saturated carbocycles. The zero-order chi connectivity index (χ0) is 19.4. The highest BCUT2D eigenvalue weighted by molar-refractivity contribution is 7.09. The number of benzene rings is 2. The summed E-state index contributed by atoms with van der Waals surface area (Å²) in [6.45, 7) is 0. The number of ether oxygens (including phenoxy) is 1. The Kier molecular flexibility index (Phi) is 5.46. The predicted octanol–water partition coefficient (Wildman–Crippen LogP) is 5.32. The van der Waals surface area contributed by atoms with Crippen molar-refractivity contribution in [3.8, 4) is 16.9 Å². The Bertz CT molecular complexity index is 926. The quantitative estimate of drug-likeness (QED) is 0.616. The highest BCUT2D eigenvalue weighted by atomic mass is 32.1. The molecule has 2 aromatic carbocycles. The highest BCUT2D eigenvalue weighted by Gasteiger charge is 2.31. The molecule has 140 valence electrons. The van der Waals surface area contributed by atoms with E-state index in [1.807, 2.05) is 0 Å². The lowest BCUT2D eigenvalue weighted by molar-refractivity contribution is -0.274. The van der Waals surface area contributed by atoms with Crippen LogP contribution in [0.25, 0.3) is 11.1 Å². The number of nitrogens with zero attached hydrogens (tertiary/aromatic N) is 1. The highest BCUT2D eigenvalue weighted by Crippen LogP contribution is 2.33. The number of aliphatic carboxylic acids is 1. The van der Waals surface area contributed by atoms with Crippen LogP contribution in [-0.4, -0.2) is 22.4 Å². The van der Waals surface area contributed by atoms with Gasteiger partial charge in [-0.05, 0) is 28.8 Å². The summed E-state index contributed by atoms with van der Waals surface area (Å²) in [5.41, 5.74) is 1.92. The number of halogens is 3. The summed E-state index contributed by atoms with van der Waals surface area (Å²) in [6.07, 6.45) is -3.29. The van der Waals surface area contributed by atoms with Crippen molar-refractivity contribution in [3.05, 3.63) is 70.7 Å². The van der Waals surface area contributed by atoms with E-state index in [0.717, 1.165) is 5.56 Å². The van der Waals surface area contributed by atoms with Gasteiger partial charge in [0.05, 0.1) is 6.42 Å². The van der Waals surface area contributed by atoms with E-state index in [-0.39, 0.29) is 12.2 Å². The van der Waals surface area contributed by atoms with Crippen LogP contribution in [0.3, 0.4) is 0 Å². The maximum atomic E-state index is 12.4. The molecule has 1 N–H and O–H groups in total. The summed E-state index contributed by atoms with van der Waals surface area (Å²) in [5.74, 6) is -1.70. The molecule has 0 aliphatic carbocycles. The molecule has 1 unspecified atom stereocenters. The second-order valence-electron chi connectivity index (χ2n) is 5.72. The zero-order valence-electron chi connectivity index (χ0n) is 13.8. The summed E-state index contributed by atoms with van der Waals surface area (Å²) < 4.78 is 41.3. The average molecular weight is 393 g/mol. The zero-order valence-corrected chi connectivity index (χ0v) is 14.6. The summed E-state index contributed by atoms with van der Waals surface area (Å²) in [7, 11) is 0. The van der Waals surface area contributed by atoms with E-state index in [9.17, 15) is 23.1 Å². The molecule has 0 spiro atoms. The Labute approximate surface area is 156 Å². The van der Waals surface area contributed by atoms with Crippen molar-refractivity contribution in [2.45, 2.75) is 18.7 Å². The molecule has 1 aromatic heterocycles. The SMILES string of the molecule is O=C(O)CC(c1cccc(-c2cccc(OC(F)(F)F)c2)c1)c1nccs1. The second kappa shape index (κ2) is 7.79. The number of carbonyl (C=O) groups is 1. The lowest BCUT2D eigenvalue weighted by Gasteiger charge is -2.15. The minimum Gasteiger partial charge on any atom is -0.481 e. The van der Waals surface area contributed by atoms with Gasteiger partial charge in [0.2, 0.25) is 0 Å². The number of thiazole rings is 1. The fourth-order valence-electron chi connectivity index (χ4n) is 2.74. The number of rotatable bonds is 6. The summed E-state index contributed by atoms with van der Waals surface area (Å²) in [6, 6.07) is 12.7. The molecule has 3 rings (SSSR count). The van der Waals surface area contributed by atoms with Crippen molar-refractivity contribution in [2.24, 2.45) is 0 Å². The van der Waals surface area contributed by atoms with Crippen LogP contribution >= 0.6 is 11.3 Å². The Morgan fingerprint density at radius 3 is 2.48 bits per heavy atom. The fourth-order valence-corrected chi connectivity index (χ4v) is 3.50. The van der Waals surface area contributed by atoms with Crippen LogP contribution < -0.4 is 4.74 Å². The summed E-state index contributed by atoms with van der Waals surface area (Å²) >= 11 is 1.36. The van der Waals surface area contributed by atoms with Gasteiger partial charge in [-0.2, -0.15) is 0 Å². The molecule has 0 fully saturated rings. The first-order chi connectivity index (χ1) is 12.8. The maximum absolute atomic E-state index is 12.4. The first-order valence-corrected chi connectivity index (χ1v) is 8.77. The normalized spacial score (nSPS) is 12.6. The molecular weight excluding hydrogens is 379 g/mol. The number of hydrogen-bond acceptors (Lipinski definition) is 4. The monoisotopic (exact) mass is 393 g/mol. The van der Waals surface area contributed by atoms with Crippen LogP contribution in [0.5, 0.6) is 5.75 Å². The van der Waals surface area contributed by atoms with Gasteiger partial charge < -0.3 is 9.84 Å². The Hall–Kier alpha value is -2.87. The van der Waals surface area contributed by atoms with Crippen molar-refractivity contribution in [1.29, 1.82) is 0 Å². The molecular formula is C19H14F3NO3S. The topological polar surface area (TPSA) is 59.4 Å². The molecule has 27 heavy (non-hydrogen) atoms. The molecule has 0 bridgehead atoms. The molecule has 3 aromatic rings. The van der Waals surface area contributed by atoms with Crippen molar-refractivity contribution >= 4 is 17.3 Å². The standard InChI is InChI=1S/C19H14F3NO3S/c20-19(21,22)26-15-6-2-4-13(10-15)12-3-1-5-14(9-12)16(11-17(24)25)18-23-7-8-27-18/h1-10,16H,11H2,(H,24,25). The van der Waals surface area contributed by atoms with Crippen LogP contribution in [0.15, 0.2) is 60.1 Å². The fraction of sp³-hybridized carbons (Fsp3) is 0.158. The second-order valence-corrected chi connectivity index (χ2v) is 6.65. The minimum absolute atomic E-state index is 0.131. The number of alkyl halides is 3. The molecule has 0 aliphatic rings. The van der Waals surface area contributed by atoms with Crippen molar-refractivity contribution in [2.75, 3.05) is 0 Å². The largest absolute Gasteiger partial charge is 0.573 e. The number of carboxylic acids is 1. The van der Waals surface area contributed by atoms with Gasteiger partial charge in [-0.25, -0.2) is 4.98 Å². The Morgan fingerprint density at radius 1 is 1.15 bits per heavy atom. The van der Waals surface area contributed by atoms with Gasteiger partial charge in [0.1, 0.15) is 10.8 Å². The van der Waals surface area contributed by atoms with E-state index in [2.05, 4.69) is 9.72 Å². The van der Waals surface area contributed by atoms with Gasteiger partial charge in [0.15, 0.2) is 0 Å². The van der Waals surface area contributed by atoms with E-state index < -0.39 is 18.2 Å². The van der Waals surface area contributed by atoms with Crippen LogP contribution in [0.4, 0.5) is 13.2 Å². The third kappa shape index (κ3) is 5.07. The van der Waals surface area contributed by atoms with Crippen molar-refractivity contribution in [1.82, 2.24) is 4.98 Å². The number of carboxylic acid groups (broad SMARTS) is 1. The lowest BCUT2D eigenvalue weighted by Crippen LogP contribution is -2.17. The van der Waals surface area contributed by atoms with Gasteiger partial charge in [0.25, 0.3) is 0 Å². The molecule has 0 amide bonds. The predicted molar refractivity (Wildman–Crippen MR) is 94.8 cm³/mol. The minimum atomic E-state index is -4.77. The van der Waals surface area contributed by atoms with Gasteiger partial charge in [-0.15, -0.1) is 24.5 Å². The van der Waals surface area contributed by atoms with Gasteiger partial charge in [-0.3, -0.25) is 4.79 Å². The van der Waals surface area contributed by atoms with Crippen LogP contribution in [0, 0.1) is 0 Å².